The third-order valence-corrected chi connectivity index (χ3v) is 4.73. The van der Waals surface area contributed by atoms with Crippen molar-refractivity contribution >= 4 is 21.3 Å². The molecule has 100 valence electrons. The van der Waals surface area contributed by atoms with Crippen LogP contribution in [-0.2, 0) is 9.84 Å². The van der Waals surface area contributed by atoms with Crippen LogP contribution in [0.5, 0.6) is 5.88 Å². The maximum Gasteiger partial charge on any atom is 0.215 e. The lowest BCUT2D eigenvalue weighted by Crippen LogP contribution is -2.35. The molecule has 0 bridgehead atoms. The smallest absolute Gasteiger partial charge is 0.215 e. The average molecular weight is 271 g/mol. The van der Waals surface area contributed by atoms with Crippen LogP contribution < -0.4 is 15.8 Å². The molecule has 0 amide bonds. The highest BCUT2D eigenvalue weighted by Gasteiger charge is 2.25. The lowest BCUT2D eigenvalue weighted by atomic mass is 10.2. The number of nitrogen functional groups attached to an aromatic ring is 1. The monoisotopic (exact) mass is 271 g/mol. The fourth-order valence-corrected chi connectivity index (χ4v) is 3.65. The van der Waals surface area contributed by atoms with E-state index in [-0.39, 0.29) is 17.5 Å². The number of aromatic nitrogens is 1. The quantitative estimate of drug-likeness (QED) is 0.838. The van der Waals surface area contributed by atoms with Gasteiger partial charge in [0.15, 0.2) is 15.7 Å². The highest BCUT2D eigenvalue weighted by Crippen LogP contribution is 2.23. The molecular formula is C11H17N3O3S. The van der Waals surface area contributed by atoms with Gasteiger partial charge in [-0.1, -0.05) is 0 Å². The summed E-state index contributed by atoms with van der Waals surface area (Å²) < 4.78 is 28.1. The minimum atomic E-state index is -2.94. The minimum absolute atomic E-state index is 0.130. The number of rotatable bonds is 3. The summed E-state index contributed by atoms with van der Waals surface area (Å²) in [5, 5.41) is 3.08. The van der Waals surface area contributed by atoms with Crippen molar-refractivity contribution in [3.05, 3.63) is 12.1 Å². The van der Waals surface area contributed by atoms with E-state index in [4.69, 9.17) is 10.5 Å². The van der Waals surface area contributed by atoms with Gasteiger partial charge in [-0.15, -0.1) is 0 Å². The number of hydrogen-bond donors (Lipinski definition) is 2. The molecule has 0 aromatic carbocycles. The largest absolute Gasteiger partial charge is 0.481 e. The molecule has 0 spiro atoms. The van der Waals surface area contributed by atoms with Crippen LogP contribution in [0.1, 0.15) is 12.8 Å². The minimum Gasteiger partial charge on any atom is -0.481 e. The Hall–Kier alpha value is -1.50. The Kier molecular flexibility index (Phi) is 3.60. The molecule has 1 aromatic heterocycles. The van der Waals surface area contributed by atoms with E-state index < -0.39 is 9.84 Å². The third kappa shape index (κ3) is 3.04. The zero-order valence-electron chi connectivity index (χ0n) is 10.2. The molecule has 1 atom stereocenters. The number of sulfone groups is 1. The van der Waals surface area contributed by atoms with Crippen LogP contribution in [0.25, 0.3) is 0 Å². The van der Waals surface area contributed by atoms with Gasteiger partial charge >= 0.3 is 0 Å². The molecular weight excluding hydrogens is 254 g/mol. The van der Waals surface area contributed by atoms with Crippen LogP contribution in [0.3, 0.4) is 0 Å². The molecule has 1 aliphatic rings. The Morgan fingerprint density at radius 1 is 1.50 bits per heavy atom. The first-order valence-electron chi connectivity index (χ1n) is 5.77. The van der Waals surface area contributed by atoms with Crippen LogP contribution in [-0.4, -0.2) is 38.1 Å². The number of methoxy groups -OCH3 is 1. The lowest BCUT2D eigenvalue weighted by molar-refractivity contribution is 0.398. The Morgan fingerprint density at radius 2 is 2.28 bits per heavy atom. The molecule has 6 nitrogen and oxygen atoms in total. The maximum atomic E-state index is 11.5. The van der Waals surface area contributed by atoms with Gasteiger partial charge in [0.2, 0.25) is 5.88 Å². The van der Waals surface area contributed by atoms with E-state index in [9.17, 15) is 8.42 Å². The molecule has 1 saturated heterocycles. The summed E-state index contributed by atoms with van der Waals surface area (Å²) in [6, 6.07) is 3.22. The van der Waals surface area contributed by atoms with Gasteiger partial charge in [-0.05, 0) is 18.9 Å². The van der Waals surface area contributed by atoms with E-state index in [1.54, 1.807) is 12.1 Å². The molecule has 2 heterocycles. The first-order valence-corrected chi connectivity index (χ1v) is 7.60. The van der Waals surface area contributed by atoms with Crippen LogP contribution in [0.15, 0.2) is 12.1 Å². The highest BCUT2D eigenvalue weighted by molar-refractivity contribution is 7.91. The van der Waals surface area contributed by atoms with E-state index in [2.05, 4.69) is 10.3 Å². The summed E-state index contributed by atoms with van der Waals surface area (Å²) in [6.07, 6.45) is 1.47. The number of anilines is 2. The molecule has 18 heavy (non-hydrogen) atoms. The van der Waals surface area contributed by atoms with Crippen molar-refractivity contribution < 1.29 is 13.2 Å². The second-order valence-corrected chi connectivity index (χ2v) is 6.62. The molecule has 0 radical (unpaired) electrons. The summed E-state index contributed by atoms with van der Waals surface area (Å²) in [4.78, 5) is 4.18. The Labute approximate surface area is 106 Å². The van der Waals surface area contributed by atoms with E-state index in [1.165, 1.54) is 7.11 Å². The van der Waals surface area contributed by atoms with Crippen molar-refractivity contribution in [1.29, 1.82) is 0 Å². The molecule has 1 fully saturated rings. The van der Waals surface area contributed by atoms with Gasteiger partial charge in [-0.2, -0.15) is 4.98 Å². The first-order chi connectivity index (χ1) is 8.50. The van der Waals surface area contributed by atoms with Crippen molar-refractivity contribution in [1.82, 2.24) is 4.98 Å². The van der Waals surface area contributed by atoms with Crippen LogP contribution >= 0.6 is 0 Å². The predicted molar refractivity (Wildman–Crippen MR) is 70.5 cm³/mol. The van der Waals surface area contributed by atoms with Crippen LogP contribution in [0.2, 0.25) is 0 Å². The van der Waals surface area contributed by atoms with Crippen molar-refractivity contribution in [2.45, 2.75) is 18.9 Å². The van der Waals surface area contributed by atoms with Gasteiger partial charge in [-0.25, -0.2) is 8.42 Å². The summed E-state index contributed by atoms with van der Waals surface area (Å²) in [6.45, 7) is 0. The van der Waals surface area contributed by atoms with E-state index in [0.717, 1.165) is 6.42 Å². The molecule has 2 rings (SSSR count). The molecule has 7 heteroatoms. The number of hydrogen-bond acceptors (Lipinski definition) is 6. The van der Waals surface area contributed by atoms with E-state index >= 15 is 0 Å². The zero-order valence-corrected chi connectivity index (χ0v) is 11.0. The fraction of sp³-hybridized carbons (Fsp3) is 0.545. The summed E-state index contributed by atoms with van der Waals surface area (Å²) >= 11 is 0. The highest BCUT2D eigenvalue weighted by atomic mass is 32.2. The van der Waals surface area contributed by atoms with Crippen molar-refractivity contribution in [3.8, 4) is 5.88 Å². The van der Waals surface area contributed by atoms with E-state index in [1.807, 2.05) is 0 Å². The number of nitrogens with zero attached hydrogens (tertiary/aromatic N) is 1. The molecule has 1 aliphatic heterocycles. The summed E-state index contributed by atoms with van der Waals surface area (Å²) in [7, 11) is -1.42. The van der Waals surface area contributed by atoms with Crippen molar-refractivity contribution in [3.63, 3.8) is 0 Å². The summed E-state index contributed by atoms with van der Waals surface area (Å²) in [5.41, 5.74) is 6.28. The Balaban J connectivity index is 2.13. The molecule has 3 N–H and O–H groups in total. The van der Waals surface area contributed by atoms with Gasteiger partial charge < -0.3 is 15.8 Å². The van der Waals surface area contributed by atoms with Crippen LogP contribution in [0, 0.1) is 0 Å². The number of nitrogens with one attached hydrogen (secondary N) is 1. The van der Waals surface area contributed by atoms with Crippen molar-refractivity contribution in [2.75, 3.05) is 29.7 Å². The lowest BCUT2D eigenvalue weighted by Gasteiger charge is -2.24. The zero-order chi connectivity index (χ0) is 13.2. The van der Waals surface area contributed by atoms with Crippen LogP contribution in [0.4, 0.5) is 11.5 Å². The molecule has 0 aliphatic carbocycles. The topological polar surface area (TPSA) is 94.3 Å². The normalized spacial score (nSPS) is 22.4. The Morgan fingerprint density at radius 3 is 2.94 bits per heavy atom. The van der Waals surface area contributed by atoms with Gasteiger partial charge in [0.05, 0.1) is 24.3 Å². The second kappa shape index (κ2) is 5.01. The third-order valence-electron chi connectivity index (χ3n) is 2.91. The number of ether oxygens (including phenoxy) is 1. The standard InChI is InChI=1S/C11H17N3O3S/c1-17-10-5-4-9(12)11(14-10)13-8-3-2-6-18(15,16)7-8/h4-5,8H,2-3,6-7,12H2,1H3,(H,13,14). The first kappa shape index (κ1) is 12.9. The summed E-state index contributed by atoms with van der Waals surface area (Å²) in [5.74, 6) is 1.33. The SMILES string of the molecule is COc1ccc(N)c(NC2CCCS(=O)(=O)C2)n1. The van der Waals surface area contributed by atoms with Gasteiger partial charge in [0, 0.05) is 12.1 Å². The average Bonchev–Trinajstić information content (AvgIpc) is 2.31. The number of nitrogens with two attached hydrogens (primary N) is 1. The van der Waals surface area contributed by atoms with Gasteiger partial charge in [0.25, 0.3) is 0 Å². The van der Waals surface area contributed by atoms with Crippen molar-refractivity contribution in [2.24, 2.45) is 0 Å². The number of pyridine rings is 1. The second-order valence-electron chi connectivity index (χ2n) is 4.39. The van der Waals surface area contributed by atoms with E-state index in [0.29, 0.717) is 23.8 Å². The van der Waals surface area contributed by atoms with Gasteiger partial charge in [-0.3, -0.25) is 0 Å². The molecule has 0 saturated carbocycles. The molecule has 1 aromatic rings. The fourth-order valence-electron chi connectivity index (χ4n) is 2.01. The maximum absolute atomic E-state index is 11.5. The predicted octanol–water partition coefficient (Wildman–Crippen LogP) is 0.661. The van der Waals surface area contributed by atoms with Gasteiger partial charge in [0.1, 0.15) is 0 Å². The molecule has 1 unspecified atom stereocenters. The Bertz CT molecular complexity index is 530.